The van der Waals surface area contributed by atoms with Crippen molar-refractivity contribution in [1.82, 2.24) is 0 Å². The van der Waals surface area contributed by atoms with Gasteiger partial charge in [-0.3, -0.25) is 0 Å². The van der Waals surface area contributed by atoms with E-state index in [-0.39, 0.29) is 6.10 Å². The molecule has 2 aromatic carbocycles. The van der Waals surface area contributed by atoms with Gasteiger partial charge in [-0.1, -0.05) is 47.5 Å². The molecule has 4 heteroatoms. The van der Waals surface area contributed by atoms with Crippen LogP contribution in [0.1, 0.15) is 23.7 Å². The Kier molecular flexibility index (Phi) is 3.88. The van der Waals surface area contributed by atoms with Gasteiger partial charge >= 0.3 is 0 Å². The van der Waals surface area contributed by atoms with Crippen LogP contribution in [0, 0.1) is 0 Å². The van der Waals surface area contributed by atoms with Gasteiger partial charge in [-0.15, -0.1) is 0 Å². The molecule has 0 bridgehead atoms. The van der Waals surface area contributed by atoms with Crippen LogP contribution in [-0.2, 0) is 6.54 Å². The molecule has 1 aliphatic heterocycles. The van der Waals surface area contributed by atoms with Crippen molar-refractivity contribution >= 4 is 28.9 Å². The second kappa shape index (κ2) is 5.65. The van der Waals surface area contributed by atoms with Gasteiger partial charge in [0.1, 0.15) is 0 Å². The summed E-state index contributed by atoms with van der Waals surface area (Å²) >= 11 is 12.5. The summed E-state index contributed by atoms with van der Waals surface area (Å²) in [4.78, 5) is 2.22. The summed E-state index contributed by atoms with van der Waals surface area (Å²) in [7, 11) is 0. The summed E-state index contributed by atoms with van der Waals surface area (Å²) in [6.07, 6.45) is 0.336. The van der Waals surface area contributed by atoms with E-state index in [9.17, 15) is 5.11 Å². The summed E-state index contributed by atoms with van der Waals surface area (Å²) < 4.78 is 0. The average Bonchev–Trinajstić information content (AvgIpc) is 2.46. The van der Waals surface area contributed by atoms with Crippen molar-refractivity contribution in [1.29, 1.82) is 0 Å². The third kappa shape index (κ3) is 2.51. The van der Waals surface area contributed by atoms with Gasteiger partial charge < -0.3 is 10.0 Å². The van der Waals surface area contributed by atoms with Crippen molar-refractivity contribution in [2.75, 3.05) is 11.4 Å². The fourth-order valence-electron chi connectivity index (χ4n) is 2.65. The molecule has 2 nitrogen and oxygen atoms in total. The second-order valence-corrected chi connectivity index (χ2v) is 5.80. The molecule has 0 aromatic heterocycles. The number of fused-ring (bicyclic) bond motifs is 1. The summed E-state index contributed by atoms with van der Waals surface area (Å²) in [6, 6.07) is 13.5. The van der Waals surface area contributed by atoms with Crippen LogP contribution in [0.5, 0.6) is 0 Å². The lowest BCUT2D eigenvalue weighted by atomic mass is 9.98. The average molecular weight is 308 g/mol. The first-order chi connectivity index (χ1) is 9.66. The highest BCUT2D eigenvalue weighted by Gasteiger charge is 2.23. The van der Waals surface area contributed by atoms with Crippen LogP contribution in [-0.4, -0.2) is 11.7 Å². The third-order valence-electron chi connectivity index (χ3n) is 3.72. The Morgan fingerprint density at radius 2 is 1.75 bits per heavy atom. The first kappa shape index (κ1) is 13.7. The smallest absolute Gasteiger partial charge is 0.0826 e. The highest BCUT2D eigenvalue weighted by atomic mass is 35.5. The molecule has 20 heavy (non-hydrogen) atoms. The number of para-hydroxylation sites is 1. The molecular weight excluding hydrogens is 293 g/mol. The van der Waals surface area contributed by atoms with Crippen LogP contribution in [0.15, 0.2) is 42.5 Å². The number of aliphatic hydroxyl groups excluding tert-OH is 1. The van der Waals surface area contributed by atoms with Crippen molar-refractivity contribution in [3.05, 3.63) is 63.6 Å². The van der Waals surface area contributed by atoms with Gasteiger partial charge in [-0.05, 0) is 24.6 Å². The number of benzene rings is 2. The molecule has 3 rings (SSSR count). The Morgan fingerprint density at radius 3 is 2.50 bits per heavy atom. The normalized spacial score (nSPS) is 17.9. The maximum atomic E-state index is 10.1. The van der Waals surface area contributed by atoms with Crippen LogP contribution in [0.25, 0.3) is 0 Å². The van der Waals surface area contributed by atoms with Crippen LogP contribution in [0.2, 0.25) is 10.0 Å². The molecule has 0 fully saturated rings. The van der Waals surface area contributed by atoms with Crippen molar-refractivity contribution in [2.45, 2.75) is 19.1 Å². The summed E-state index contributed by atoms with van der Waals surface area (Å²) in [5.41, 5.74) is 2.96. The molecule has 0 radical (unpaired) electrons. The van der Waals surface area contributed by atoms with E-state index in [1.807, 2.05) is 42.5 Å². The minimum absolute atomic E-state index is 0.385. The number of aliphatic hydroxyl groups is 1. The number of halogens is 2. The van der Waals surface area contributed by atoms with Crippen molar-refractivity contribution in [3.8, 4) is 0 Å². The zero-order chi connectivity index (χ0) is 14.1. The SMILES string of the molecule is OC1CCN(Cc2c(Cl)cccc2Cl)c2ccccc21. The first-order valence-electron chi connectivity index (χ1n) is 6.61. The molecule has 0 amide bonds. The van der Waals surface area contributed by atoms with E-state index in [1.165, 1.54) is 0 Å². The van der Waals surface area contributed by atoms with Crippen molar-refractivity contribution in [3.63, 3.8) is 0 Å². The van der Waals surface area contributed by atoms with Crippen molar-refractivity contribution < 1.29 is 5.11 Å². The van der Waals surface area contributed by atoms with Gasteiger partial charge in [0, 0.05) is 39.9 Å². The first-order valence-corrected chi connectivity index (χ1v) is 7.37. The molecule has 1 heterocycles. The number of hydrogen-bond donors (Lipinski definition) is 1. The molecular formula is C16H15Cl2NO. The minimum atomic E-state index is -0.385. The third-order valence-corrected chi connectivity index (χ3v) is 4.43. The van der Waals surface area contributed by atoms with Gasteiger partial charge in [0.25, 0.3) is 0 Å². The van der Waals surface area contributed by atoms with E-state index in [4.69, 9.17) is 23.2 Å². The van der Waals surface area contributed by atoms with Crippen LogP contribution >= 0.6 is 23.2 Å². The second-order valence-electron chi connectivity index (χ2n) is 4.99. The van der Waals surface area contributed by atoms with Crippen LogP contribution in [0.4, 0.5) is 5.69 Å². The number of rotatable bonds is 2. The monoisotopic (exact) mass is 307 g/mol. The number of anilines is 1. The van der Waals surface area contributed by atoms with Gasteiger partial charge in [0.05, 0.1) is 6.10 Å². The van der Waals surface area contributed by atoms with E-state index in [2.05, 4.69) is 4.90 Å². The Bertz CT molecular complexity index is 609. The summed E-state index contributed by atoms with van der Waals surface area (Å²) in [6.45, 7) is 1.45. The fourth-order valence-corrected chi connectivity index (χ4v) is 3.17. The minimum Gasteiger partial charge on any atom is -0.388 e. The van der Waals surface area contributed by atoms with Crippen LogP contribution < -0.4 is 4.90 Å². The maximum absolute atomic E-state index is 10.1. The van der Waals surface area contributed by atoms with E-state index in [0.29, 0.717) is 16.6 Å². The molecule has 0 spiro atoms. The lowest BCUT2D eigenvalue weighted by Crippen LogP contribution is -2.30. The van der Waals surface area contributed by atoms with E-state index in [1.54, 1.807) is 0 Å². The maximum Gasteiger partial charge on any atom is 0.0826 e. The number of hydrogen-bond acceptors (Lipinski definition) is 2. The predicted octanol–water partition coefficient (Wildman–Crippen LogP) is 4.44. The van der Waals surface area contributed by atoms with Crippen LogP contribution in [0.3, 0.4) is 0 Å². The fraction of sp³-hybridized carbons (Fsp3) is 0.250. The lowest BCUT2D eigenvalue weighted by molar-refractivity contribution is 0.164. The predicted molar refractivity (Wildman–Crippen MR) is 83.5 cm³/mol. The molecule has 1 aliphatic rings. The zero-order valence-electron chi connectivity index (χ0n) is 10.9. The van der Waals surface area contributed by atoms with E-state index >= 15 is 0 Å². The summed E-state index contributed by atoms with van der Waals surface area (Å²) in [5, 5.41) is 11.4. The van der Waals surface area contributed by atoms with Gasteiger partial charge in [-0.25, -0.2) is 0 Å². The molecule has 104 valence electrons. The highest BCUT2D eigenvalue weighted by molar-refractivity contribution is 6.36. The molecule has 2 aromatic rings. The number of nitrogens with zero attached hydrogens (tertiary/aromatic N) is 1. The Hall–Kier alpha value is -1.22. The van der Waals surface area contributed by atoms with E-state index < -0.39 is 0 Å². The molecule has 1 N–H and O–H groups in total. The van der Waals surface area contributed by atoms with Gasteiger partial charge in [0.2, 0.25) is 0 Å². The Morgan fingerprint density at radius 1 is 1.05 bits per heavy atom. The largest absolute Gasteiger partial charge is 0.388 e. The molecule has 0 saturated heterocycles. The lowest BCUT2D eigenvalue weighted by Gasteiger charge is -2.34. The molecule has 1 unspecified atom stereocenters. The Balaban J connectivity index is 1.95. The quantitative estimate of drug-likeness (QED) is 0.886. The summed E-state index contributed by atoms with van der Waals surface area (Å²) in [5.74, 6) is 0. The topological polar surface area (TPSA) is 23.5 Å². The molecule has 0 aliphatic carbocycles. The highest BCUT2D eigenvalue weighted by Crippen LogP contribution is 2.36. The standard InChI is InChI=1S/C16H15Cl2NO/c17-13-5-3-6-14(18)12(13)10-19-9-8-16(20)11-4-1-2-7-15(11)19/h1-7,16,20H,8-10H2. The molecule has 1 atom stereocenters. The van der Waals surface area contributed by atoms with E-state index in [0.717, 1.165) is 29.8 Å². The van der Waals surface area contributed by atoms with Gasteiger partial charge in [-0.2, -0.15) is 0 Å². The Labute approximate surface area is 128 Å². The zero-order valence-corrected chi connectivity index (χ0v) is 12.4. The molecule has 0 saturated carbocycles. The van der Waals surface area contributed by atoms with Crippen molar-refractivity contribution in [2.24, 2.45) is 0 Å². The van der Waals surface area contributed by atoms with Gasteiger partial charge in [0.15, 0.2) is 0 Å².